The number of thioether (sulfide) groups is 1. The van der Waals surface area contributed by atoms with Crippen molar-refractivity contribution in [2.45, 2.75) is 11.8 Å². The topological polar surface area (TPSA) is 57.8 Å². The summed E-state index contributed by atoms with van der Waals surface area (Å²) in [5.41, 5.74) is 2.84. The number of fused-ring (bicyclic) bond motifs is 1. The first-order valence-electron chi connectivity index (χ1n) is 9.22. The molecule has 4 rings (SSSR count). The van der Waals surface area contributed by atoms with Crippen LogP contribution in [0, 0.1) is 0 Å². The predicted molar refractivity (Wildman–Crippen MR) is 124 cm³/mol. The number of rotatable bonds is 5. The van der Waals surface area contributed by atoms with Crippen LogP contribution in [0.5, 0.6) is 0 Å². The highest BCUT2D eigenvalue weighted by atomic mass is 32.2. The molecule has 0 saturated heterocycles. The summed E-state index contributed by atoms with van der Waals surface area (Å²) in [6.45, 7) is 0. The summed E-state index contributed by atoms with van der Waals surface area (Å²) in [7, 11) is 0. The molecule has 0 radical (unpaired) electrons. The molecule has 0 bridgehead atoms. The van der Waals surface area contributed by atoms with Crippen LogP contribution < -0.4 is 10.9 Å². The van der Waals surface area contributed by atoms with E-state index in [9.17, 15) is 4.79 Å². The number of para-hydroxylation sites is 1. The van der Waals surface area contributed by atoms with Crippen LogP contribution in [-0.4, -0.2) is 14.3 Å². The molecule has 2 N–H and O–H groups in total. The number of aromatic amines is 1. The van der Waals surface area contributed by atoms with E-state index in [0.717, 1.165) is 11.1 Å². The van der Waals surface area contributed by atoms with Crippen LogP contribution in [0.3, 0.4) is 0 Å². The maximum atomic E-state index is 12.2. The highest BCUT2D eigenvalue weighted by molar-refractivity contribution is 8.22. The lowest BCUT2D eigenvalue weighted by molar-refractivity contribution is 0.777. The van der Waals surface area contributed by atoms with Crippen molar-refractivity contribution in [3.63, 3.8) is 0 Å². The maximum absolute atomic E-state index is 12.2. The third-order valence-electron chi connectivity index (χ3n) is 4.53. The van der Waals surface area contributed by atoms with Gasteiger partial charge in [0, 0.05) is 0 Å². The van der Waals surface area contributed by atoms with E-state index in [2.05, 4.69) is 39.6 Å². The minimum absolute atomic E-state index is 0.0407. The van der Waals surface area contributed by atoms with Crippen molar-refractivity contribution in [3.05, 3.63) is 112 Å². The lowest BCUT2D eigenvalue weighted by Gasteiger charge is -2.21. The van der Waals surface area contributed by atoms with E-state index in [1.807, 2.05) is 54.6 Å². The number of nitrogens with zero attached hydrogens (tertiary/aromatic N) is 1. The molecule has 4 aromatic rings. The van der Waals surface area contributed by atoms with Gasteiger partial charge in [-0.1, -0.05) is 96.8 Å². The number of benzene rings is 3. The average molecular weight is 418 g/mol. The van der Waals surface area contributed by atoms with E-state index in [0.29, 0.717) is 26.8 Å². The van der Waals surface area contributed by atoms with Crippen LogP contribution in [0.4, 0.5) is 0 Å². The number of aromatic nitrogens is 2. The van der Waals surface area contributed by atoms with Crippen LogP contribution in [-0.2, 0) is 5.75 Å². The lowest BCUT2D eigenvalue weighted by Crippen LogP contribution is -2.26. The van der Waals surface area contributed by atoms with E-state index in [4.69, 9.17) is 12.2 Å². The Morgan fingerprint density at radius 3 is 2.17 bits per heavy atom. The molecule has 0 saturated carbocycles. The number of thiocarbonyl (C=S) groups is 1. The standard InChI is InChI=1S/C23H19N3OS2/c27-22-18-13-7-8-14-19(18)24-20(25-22)15-29-23(28)26-21(16-9-3-1-4-10-16)17-11-5-2-6-12-17/h1-14,21H,15H2,(H,26,28)(H,24,25,27). The van der Waals surface area contributed by atoms with Gasteiger partial charge in [-0.05, 0) is 23.3 Å². The fourth-order valence-corrected chi connectivity index (χ4v) is 4.05. The molecule has 1 aromatic heterocycles. The number of hydrogen-bond donors (Lipinski definition) is 2. The Labute approximate surface area is 178 Å². The Morgan fingerprint density at radius 1 is 0.931 bits per heavy atom. The molecule has 0 aliphatic rings. The molecule has 29 heavy (non-hydrogen) atoms. The largest absolute Gasteiger partial charge is 0.360 e. The van der Waals surface area contributed by atoms with E-state index in [1.165, 1.54) is 11.8 Å². The fraction of sp³-hybridized carbons (Fsp3) is 0.0870. The van der Waals surface area contributed by atoms with Gasteiger partial charge in [-0.3, -0.25) is 4.79 Å². The molecule has 0 atom stereocenters. The number of hydrogen-bond acceptors (Lipinski definition) is 4. The molecule has 0 aliphatic heterocycles. The summed E-state index contributed by atoms with van der Waals surface area (Å²) in [6, 6.07) is 27.7. The highest BCUT2D eigenvalue weighted by Gasteiger charge is 2.15. The first kappa shape index (κ1) is 19.4. The van der Waals surface area contributed by atoms with Gasteiger partial charge < -0.3 is 10.3 Å². The van der Waals surface area contributed by atoms with Crippen molar-refractivity contribution < 1.29 is 0 Å². The van der Waals surface area contributed by atoms with Gasteiger partial charge in [0.2, 0.25) is 0 Å². The van der Waals surface area contributed by atoms with Crippen molar-refractivity contribution in [1.82, 2.24) is 15.3 Å². The first-order valence-corrected chi connectivity index (χ1v) is 10.6. The van der Waals surface area contributed by atoms with Crippen molar-refractivity contribution in [2.75, 3.05) is 0 Å². The Morgan fingerprint density at radius 2 is 1.52 bits per heavy atom. The molecule has 0 unspecified atom stereocenters. The molecule has 0 spiro atoms. The third kappa shape index (κ3) is 4.72. The molecule has 0 fully saturated rings. The van der Waals surface area contributed by atoms with Crippen molar-refractivity contribution in [1.29, 1.82) is 0 Å². The first-order chi connectivity index (χ1) is 14.2. The summed E-state index contributed by atoms with van der Waals surface area (Å²) in [5.74, 6) is 1.10. The molecular formula is C23H19N3OS2. The Bertz CT molecular complexity index is 1140. The Kier molecular flexibility index (Phi) is 6.03. The SMILES string of the molecule is O=c1[nH]c(CSC(=S)NC(c2ccccc2)c2ccccc2)nc2ccccc12. The lowest BCUT2D eigenvalue weighted by atomic mass is 9.99. The summed E-state index contributed by atoms with van der Waals surface area (Å²) < 4.78 is 0.651. The molecule has 144 valence electrons. The molecule has 1 heterocycles. The quantitative estimate of drug-likeness (QED) is 0.456. The van der Waals surface area contributed by atoms with Gasteiger partial charge in [0.25, 0.3) is 5.56 Å². The summed E-state index contributed by atoms with van der Waals surface area (Å²) in [4.78, 5) is 19.6. The molecular weight excluding hydrogens is 398 g/mol. The maximum Gasteiger partial charge on any atom is 0.258 e. The minimum Gasteiger partial charge on any atom is -0.360 e. The van der Waals surface area contributed by atoms with Crippen molar-refractivity contribution in [3.8, 4) is 0 Å². The van der Waals surface area contributed by atoms with E-state index in [-0.39, 0.29) is 11.6 Å². The van der Waals surface area contributed by atoms with E-state index >= 15 is 0 Å². The zero-order valence-corrected chi connectivity index (χ0v) is 17.2. The highest BCUT2D eigenvalue weighted by Crippen LogP contribution is 2.23. The van der Waals surface area contributed by atoms with Crippen LogP contribution in [0.2, 0.25) is 0 Å². The Balaban J connectivity index is 1.50. The second-order valence-corrected chi connectivity index (χ2v) is 8.16. The van der Waals surface area contributed by atoms with Gasteiger partial charge in [-0.25, -0.2) is 4.98 Å². The molecule has 0 amide bonds. The molecule has 3 aromatic carbocycles. The van der Waals surface area contributed by atoms with E-state index in [1.54, 1.807) is 6.07 Å². The second-order valence-electron chi connectivity index (χ2n) is 6.50. The fourth-order valence-electron chi connectivity index (χ4n) is 3.15. The molecule has 0 aliphatic carbocycles. The normalized spacial score (nSPS) is 10.9. The summed E-state index contributed by atoms with van der Waals surface area (Å²) in [6.07, 6.45) is 0. The van der Waals surface area contributed by atoms with Gasteiger partial charge in [0.15, 0.2) is 0 Å². The van der Waals surface area contributed by atoms with Gasteiger partial charge in [-0.15, -0.1) is 0 Å². The van der Waals surface area contributed by atoms with Crippen LogP contribution >= 0.6 is 24.0 Å². The molecule has 6 heteroatoms. The van der Waals surface area contributed by atoms with Gasteiger partial charge in [0.05, 0.1) is 22.7 Å². The second kappa shape index (κ2) is 9.03. The zero-order valence-electron chi connectivity index (χ0n) is 15.5. The minimum atomic E-state index is -0.128. The van der Waals surface area contributed by atoms with Crippen molar-refractivity contribution >= 4 is 39.2 Å². The zero-order chi connectivity index (χ0) is 20.1. The number of H-pyrrole nitrogens is 1. The third-order valence-corrected chi connectivity index (χ3v) is 5.80. The Hall–Kier alpha value is -2.96. The summed E-state index contributed by atoms with van der Waals surface area (Å²) in [5, 5.41) is 4.04. The van der Waals surface area contributed by atoms with Crippen LogP contribution in [0.15, 0.2) is 89.7 Å². The smallest absolute Gasteiger partial charge is 0.258 e. The van der Waals surface area contributed by atoms with Gasteiger partial charge in [-0.2, -0.15) is 0 Å². The van der Waals surface area contributed by atoms with E-state index < -0.39 is 0 Å². The average Bonchev–Trinajstić information content (AvgIpc) is 2.77. The van der Waals surface area contributed by atoms with Gasteiger partial charge >= 0.3 is 0 Å². The van der Waals surface area contributed by atoms with Gasteiger partial charge in [0.1, 0.15) is 10.1 Å². The van der Waals surface area contributed by atoms with Crippen molar-refractivity contribution in [2.24, 2.45) is 0 Å². The monoisotopic (exact) mass is 417 g/mol. The van der Waals surface area contributed by atoms with Crippen LogP contribution in [0.25, 0.3) is 10.9 Å². The summed E-state index contributed by atoms with van der Waals surface area (Å²) >= 11 is 7.04. The predicted octanol–water partition coefficient (Wildman–Crippen LogP) is 4.82. The molecule has 4 nitrogen and oxygen atoms in total. The number of nitrogens with one attached hydrogen (secondary N) is 2. The van der Waals surface area contributed by atoms with Crippen LogP contribution in [0.1, 0.15) is 23.0 Å².